The number of hydrogen-bond donors (Lipinski definition) is 4. The minimum atomic E-state index is -4.25. The molecule has 1 unspecified atom stereocenters. The third-order valence-corrected chi connectivity index (χ3v) is 6.91. The van der Waals surface area contributed by atoms with Crippen molar-refractivity contribution in [1.29, 1.82) is 0 Å². The summed E-state index contributed by atoms with van der Waals surface area (Å²) in [7, 11) is -2.31. The van der Waals surface area contributed by atoms with E-state index in [4.69, 9.17) is 26.1 Å². The van der Waals surface area contributed by atoms with Crippen LogP contribution in [-0.2, 0) is 9.30 Å². The summed E-state index contributed by atoms with van der Waals surface area (Å²) in [5.74, 6) is 0.585. The highest BCUT2D eigenvalue weighted by Crippen LogP contribution is 2.40. The van der Waals surface area contributed by atoms with Crippen LogP contribution >= 0.6 is 19.2 Å². The largest absolute Gasteiger partial charge is 0.388 e. The van der Waals surface area contributed by atoms with E-state index in [1.807, 2.05) is 11.9 Å². The van der Waals surface area contributed by atoms with Gasteiger partial charge in [0.05, 0.1) is 18.6 Å². The van der Waals surface area contributed by atoms with E-state index >= 15 is 0 Å². The van der Waals surface area contributed by atoms with Gasteiger partial charge in [-0.05, 0) is 30.9 Å². The first-order valence-corrected chi connectivity index (χ1v) is 12.0. The number of anilines is 1. The zero-order valence-electron chi connectivity index (χ0n) is 16.4. The Hall–Kier alpha value is -1.33. The molecule has 0 radical (unpaired) electrons. The molecular weight excluding hydrogens is 437 g/mol. The molecule has 0 aromatic carbocycles. The maximum atomic E-state index is 11.2. The van der Waals surface area contributed by atoms with Crippen LogP contribution < -0.4 is 4.90 Å². The first kappa shape index (κ1) is 21.9. The molecule has 30 heavy (non-hydrogen) atoms. The van der Waals surface area contributed by atoms with Gasteiger partial charge < -0.3 is 29.6 Å². The average molecular weight is 462 g/mol. The highest BCUT2D eigenvalue weighted by Gasteiger charge is 2.44. The third-order valence-electron chi connectivity index (χ3n) is 5.90. The summed E-state index contributed by atoms with van der Waals surface area (Å²) in [5, 5.41) is 20.8. The van der Waals surface area contributed by atoms with Crippen LogP contribution in [0.4, 0.5) is 5.82 Å². The Labute approximate surface area is 177 Å². The predicted molar refractivity (Wildman–Crippen MR) is 108 cm³/mol. The monoisotopic (exact) mass is 461 g/mol. The van der Waals surface area contributed by atoms with Crippen LogP contribution in [0.15, 0.2) is 6.33 Å². The Morgan fingerprint density at radius 1 is 1.27 bits per heavy atom. The molecule has 1 aliphatic heterocycles. The van der Waals surface area contributed by atoms with E-state index in [1.165, 1.54) is 10.9 Å². The minimum Gasteiger partial charge on any atom is -0.388 e. The smallest absolute Gasteiger partial charge is 0.325 e. The summed E-state index contributed by atoms with van der Waals surface area (Å²) in [5.41, 5.74) is 0.847. The number of aliphatic hydroxyl groups excluding tert-OH is 2. The van der Waals surface area contributed by atoms with Gasteiger partial charge in [-0.1, -0.05) is 12.8 Å². The first-order valence-electron chi connectivity index (χ1n) is 9.85. The van der Waals surface area contributed by atoms with Gasteiger partial charge in [0.15, 0.2) is 23.2 Å². The maximum absolute atomic E-state index is 11.2. The number of rotatable bonds is 6. The second kappa shape index (κ2) is 8.31. The molecule has 1 saturated heterocycles. The molecule has 2 fully saturated rings. The number of nitrogens with zero attached hydrogens (tertiary/aromatic N) is 5. The van der Waals surface area contributed by atoms with Crippen LogP contribution in [0.5, 0.6) is 0 Å². The molecule has 2 aromatic heterocycles. The van der Waals surface area contributed by atoms with Crippen LogP contribution in [-0.4, -0.2) is 77.1 Å². The zero-order valence-corrected chi connectivity index (χ0v) is 18.0. The van der Waals surface area contributed by atoms with Crippen molar-refractivity contribution in [3.63, 3.8) is 0 Å². The molecule has 1 aliphatic carbocycles. The summed E-state index contributed by atoms with van der Waals surface area (Å²) >= 11 is 6.17. The van der Waals surface area contributed by atoms with Crippen molar-refractivity contribution in [2.45, 2.75) is 62.7 Å². The number of hydrogen-bond acceptors (Lipinski definition) is 8. The van der Waals surface area contributed by atoms with Gasteiger partial charge in [-0.15, -0.1) is 0 Å². The predicted octanol–water partition coefficient (Wildman–Crippen LogP) is 1.05. The van der Waals surface area contributed by atoms with E-state index < -0.39 is 38.3 Å². The van der Waals surface area contributed by atoms with Crippen LogP contribution in [0.25, 0.3) is 11.2 Å². The van der Waals surface area contributed by atoms with Gasteiger partial charge in [-0.2, -0.15) is 9.97 Å². The normalized spacial score (nSPS) is 27.9. The molecule has 0 bridgehead atoms. The minimum absolute atomic E-state index is 0.0233. The van der Waals surface area contributed by atoms with Crippen molar-refractivity contribution in [3.05, 3.63) is 11.6 Å². The molecule has 3 heterocycles. The van der Waals surface area contributed by atoms with E-state index in [2.05, 4.69) is 15.0 Å². The lowest BCUT2D eigenvalue weighted by atomic mass is 10.1. The van der Waals surface area contributed by atoms with Gasteiger partial charge in [0, 0.05) is 13.1 Å². The Balaban J connectivity index is 1.64. The SMILES string of the molecule is CN(c1nc(Cl)nc2c1ncn2[C@@H]1O[C@H](CCP(=O)(O)O)C(O)[C@@H]1O)C1CCCC1. The molecule has 11 nitrogen and oxygen atoms in total. The van der Waals surface area contributed by atoms with Crippen molar-refractivity contribution in [3.8, 4) is 0 Å². The van der Waals surface area contributed by atoms with Gasteiger partial charge >= 0.3 is 7.60 Å². The molecule has 2 aliphatic rings. The summed E-state index contributed by atoms with van der Waals surface area (Å²) < 4.78 is 18.4. The van der Waals surface area contributed by atoms with Crippen LogP contribution in [0.3, 0.4) is 0 Å². The number of imidazole rings is 1. The number of aliphatic hydroxyl groups is 2. The molecule has 4 atom stereocenters. The fourth-order valence-corrected chi connectivity index (χ4v) is 5.02. The Kier molecular flexibility index (Phi) is 6.06. The van der Waals surface area contributed by atoms with E-state index in [0.29, 0.717) is 23.0 Å². The first-order chi connectivity index (χ1) is 14.2. The van der Waals surface area contributed by atoms with Crippen molar-refractivity contribution >= 4 is 36.2 Å². The second-order valence-electron chi connectivity index (χ2n) is 7.91. The highest BCUT2D eigenvalue weighted by atomic mass is 35.5. The van der Waals surface area contributed by atoms with Crippen LogP contribution in [0, 0.1) is 0 Å². The topological polar surface area (TPSA) is 154 Å². The fourth-order valence-electron chi connectivity index (χ4n) is 4.27. The van der Waals surface area contributed by atoms with Gasteiger partial charge in [0.2, 0.25) is 5.28 Å². The second-order valence-corrected chi connectivity index (χ2v) is 10.0. The van der Waals surface area contributed by atoms with E-state index in [9.17, 15) is 14.8 Å². The fraction of sp³-hybridized carbons (Fsp3) is 0.706. The lowest BCUT2D eigenvalue weighted by molar-refractivity contribution is -0.0355. The summed E-state index contributed by atoms with van der Waals surface area (Å²) in [6.07, 6.45) is 0.703. The maximum Gasteiger partial charge on any atom is 0.325 e. The van der Waals surface area contributed by atoms with Crippen molar-refractivity contribution in [2.75, 3.05) is 18.1 Å². The molecule has 0 amide bonds. The molecule has 2 aromatic rings. The molecule has 4 rings (SSSR count). The summed E-state index contributed by atoms with van der Waals surface area (Å²) in [6, 6.07) is 0.330. The molecule has 0 spiro atoms. The van der Waals surface area contributed by atoms with Gasteiger partial charge in [-0.3, -0.25) is 9.13 Å². The van der Waals surface area contributed by atoms with Crippen molar-refractivity contribution < 1.29 is 29.3 Å². The van der Waals surface area contributed by atoms with Gasteiger partial charge in [0.1, 0.15) is 12.2 Å². The number of fused-ring (bicyclic) bond motifs is 1. The lowest BCUT2D eigenvalue weighted by Gasteiger charge is -2.25. The van der Waals surface area contributed by atoms with Crippen molar-refractivity contribution in [2.24, 2.45) is 0 Å². The standard InChI is InChI=1S/C17H25ClN5O6P/c1-22(9-4-2-3-5-9)14-11-15(21-17(18)20-14)23(8-19-11)16-13(25)12(24)10(29-16)6-7-30(26,27)28/h8-10,12-13,16,24-25H,2-7H2,1H3,(H2,26,27,28)/t10-,12?,13+,16-/m1/s1. The number of ether oxygens (including phenoxy) is 1. The third kappa shape index (κ3) is 4.20. The molecule has 13 heteroatoms. The number of halogens is 1. The highest BCUT2D eigenvalue weighted by molar-refractivity contribution is 7.51. The average Bonchev–Trinajstić information content (AvgIpc) is 3.40. The number of aromatic nitrogens is 4. The van der Waals surface area contributed by atoms with Crippen molar-refractivity contribution in [1.82, 2.24) is 19.5 Å². The quantitative estimate of drug-likeness (QED) is 0.362. The van der Waals surface area contributed by atoms with Gasteiger partial charge in [-0.25, -0.2) is 4.98 Å². The summed E-state index contributed by atoms with van der Waals surface area (Å²) in [4.78, 5) is 33.2. The summed E-state index contributed by atoms with van der Waals surface area (Å²) in [6.45, 7) is 0. The van der Waals surface area contributed by atoms with Crippen LogP contribution in [0.1, 0.15) is 38.3 Å². The molecule has 4 N–H and O–H groups in total. The Morgan fingerprint density at radius 3 is 2.63 bits per heavy atom. The Morgan fingerprint density at radius 2 is 1.97 bits per heavy atom. The van der Waals surface area contributed by atoms with E-state index in [-0.39, 0.29) is 11.7 Å². The van der Waals surface area contributed by atoms with E-state index in [1.54, 1.807) is 0 Å². The van der Waals surface area contributed by atoms with Crippen LogP contribution in [0.2, 0.25) is 5.28 Å². The zero-order chi connectivity index (χ0) is 21.6. The molecular formula is C17H25ClN5O6P. The van der Waals surface area contributed by atoms with E-state index in [0.717, 1.165) is 25.7 Å². The molecule has 166 valence electrons. The lowest BCUT2D eigenvalue weighted by Crippen LogP contribution is -2.32. The van der Waals surface area contributed by atoms with Gasteiger partial charge in [0.25, 0.3) is 0 Å². The Bertz CT molecular complexity index is 964. The molecule has 1 saturated carbocycles.